The molecule has 0 N–H and O–H groups in total. The number of hydrogen-bond donors (Lipinski definition) is 0. The van der Waals surface area contributed by atoms with Gasteiger partial charge >= 0.3 is 0 Å². The van der Waals surface area contributed by atoms with Crippen molar-refractivity contribution in [1.29, 1.82) is 0 Å². The number of ether oxygens (including phenoxy) is 1. The van der Waals surface area contributed by atoms with Crippen LogP contribution in [0.25, 0.3) is 94.4 Å². The Labute approximate surface area is 524 Å². The van der Waals surface area contributed by atoms with E-state index in [2.05, 4.69) is 350 Å². The summed E-state index contributed by atoms with van der Waals surface area (Å²) in [5, 5.41) is 2.26. The Balaban J connectivity index is 0.940. The van der Waals surface area contributed by atoms with Gasteiger partial charge in [0.05, 0.1) is 28.1 Å². The molecule has 5 heteroatoms. The fraction of sp³-hybridized carbons (Fsp3) is 0.155. The zero-order valence-electron chi connectivity index (χ0n) is 52.4. The van der Waals surface area contributed by atoms with Gasteiger partial charge in [0.1, 0.15) is 24.0 Å². The summed E-state index contributed by atoms with van der Waals surface area (Å²) in [4.78, 5) is 10.4. The van der Waals surface area contributed by atoms with Gasteiger partial charge in [-0.15, -0.1) is 0 Å². The molecule has 0 saturated heterocycles. The summed E-state index contributed by atoms with van der Waals surface area (Å²) >= 11 is 0. The van der Waals surface area contributed by atoms with E-state index in [1.807, 2.05) is 0 Å². The monoisotopic (exact) mass is 1150 g/mol. The Kier molecular flexibility index (Phi) is 14.3. The first-order chi connectivity index (χ1) is 43.0. The molecule has 1 aliphatic rings. The highest BCUT2D eigenvalue weighted by molar-refractivity contribution is 6.12. The second-order valence-electron chi connectivity index (χ2n) is 26.9. The molecule has 1 aliphatic heterocycles. The fourth-order valence-corrected chi connectivity index (χ4v) is 13.0. The number of hydrogen-bond acceptors (Lipinski definition) is 4. The van der Waals surface area contributed by atoms with Gasteiger partial charge in [-0.3, -0.25) is 4.57 Å². The van der Waals surface area contributed by atoms with E-state index >= 15 is 0 Å². The van der Waals surface area contributed by atoms with Gasteiger partial charge in [0.25, 0.3) is 0 Å². The molecule has 14 rings (SSSR count). The Morgan fingerprint density at radius 2 is 0.854 bits per heavy atom. The van der Waals surface area contributed by atoms with Crippen molar-refractivity contribution in [2.75, 3.05) is 16.5 Å². The molecule has 436 valence electrons. The van der Waals surface area contributed by atoms with Gasteiger partial charge in [-0.2, -0.15) is 0 Å². The molecule has 5 nitrogen and oxygen atoms in total. The average molecular weight is 1160 g/mol. The molecule has 0 saturated carbocycles. The molecule has 0 bridgehead atoms. The SMILES string of the molecule is CC(C)(C)c1ccc(-c2cccc(-c3cccc(-c4ccccc4)c3)c2N2CN(c3cc(Oc4cc5c(cc4-c4ccccc4)c4cc(-c6ccccc6)ccc4n5-c4cc(C(C)(C)C)c(-c5ccccc5)cn4)cc(C(C)(C)C)c3)c3ccccc32)cc1. The van der Waals surface area contributed by atoms with E-state index in [-0.39, 0.29) is 16.2 Å². The summed E-state index contributed by atoms with van der Waals surface area (Å²) in [5.74, 6) is 2.36. The lowest BCUT2D eigenvalue weighted by Gasteiger charge is -2.28. The van der Waals surface area contributed by atoms with Crippen LogP contribution < -0.4 is 14.5 Å². The van der Waals surface area contributed by atoms with E-state index in [1.54, 1.807) is 0 Å². The zero-order chi connectivity index (χ0) is 61.2. The van der Waals surface area contributed by atoms with Crippen LogP contribution in [0.15, 0.2) is 273 Å². The fourth-order valence-electron chi connectivity index (χ4n) is 13.0. The molecule has 89 heavy (non-hydrogen) atoms. The summed E-state index contributed by atoms with van der Waals surface area (Å²) in [6, 6.07) is 97.3. The second kappa shape index (κ2) is 22.5. The number of fused-ring (bicyclic) bond motifs is 4. The first kappa shape index (κ1) is 56.6. The molecule has 13 aromatic rings. The molecular weight excluding hydrogens is 1080 g/mol. The van der Waals surface area contributed by atoms with Crippen molar-refractivity contribution in [2.45, 2.75) is 78.6 Å². The summed E-state index contributed by atoms with van der Waals surface area (Å²) in [7, 11) is 0. The number of pyridine rings is 1. The van der Waals surface area contributed by atoms with Crippen molar-refractivity contribution in [2.24, 2.45) is 0 Å². The quantitative estimate of drug-likeness (QED) is 0.129. The van der Waals surface area contributed by atoms with Gasteiger partial charge in [0, 0.05) is 57.0 Å². The largest absolute Gasteiger partial charge is 0.457 e. The van der Waals surface area contributed by atoms with Crippen LogP contribution in [0.1, 0.15) is 79.0 Å². The molecular formula is C84H74N4O. The van der Waals surface area contributed by atoms with Crippen LogP contribution in [-0.2, 0) is 16.2 Å². The molecule has 0 spiro atoms. The minimum atomic E-state index is -0.229. The lowest BCUT2D eigenvalue weighted by atomic mass is 9.82. The summed E-state index contributed by atoms with van der Waals surface area (Å²) in [6.07, 6.45) is 2.07. The van der Waals surface area contributed by atoms with Crippen LogP contribution in [-0.4, -0.2) is 16.2 Å². The first-order valence-corrected chi connectivity index (χ1v) is 31.2. The second-order valence-corrected chi connectivity index (χ2v) is 26.9. The van der Waals surface area contributed by atoms with Gasteiger partial charge in [-0.25, -0.2) is 4.98 Å². The lowest BCUT2D eigenvalue weighted by molar-refractivity contribution is 0.481. The lowest BCUT2D eigenvalue weighted by Crippen LogP contribution is -2.25. The van der Waals surface area contributed by atoms with Gasteiger partial charge < -0.3 is 14.5 Å². The van der Waals surface area contributed by atoms with E-state index in [1.165, 1.54) is 50.1 Å². The van der Waals surface area contributed by atoms with Crippen LogP contribution in [0.3, 0.4) is 0 Å². The van der Waals surface area contributed by atoms with Gasteiger partial charge in [0.2, 0.25) is 0 Å². The van der Waals surface area contributed by atoms with Crippen LogP contribution >= 0.6 is 0 Å². The van der Waals surface area contributed by atoms with E-state index < -0.39 is 0 Å². The number of rotatable bonds is 11. The molecule has 0 radical (unpaired) electrons. The maximum atomic E-state index is 7.60. The first-order valence-electron chi connectivity index (χ1n) is 31.2. The van der Waals surface area contributed by atoms with Crippen LogP contribution in [0.2, 0.25) is 0 Å². The summed E-state index contributed by atoms with van der Waals surface area (Å²) in [6.45, 7) is 21.2. The van der Waals surface area contributed by atoms with Gasteiger partial charge in [-0.1, -0.05) is 263 Å². The molecule has 11 aromatic carbocycles. The molecule has 0 amide bonds. The molecule has 2 aromatic heterocycles. The Bertz CT molecular complexity index is 4760. The molecule has 0 aliphatic carbocycles. The van der Waals surface area contributed by atoms with Crippen LogP contribution in [0, 0.1) is 0 Å². The van der Waals surface area contributed by atoms with Crippen molar-refractivity contribution in [1.82, 2.24) is 9.55 Å². The molecule has 0 atom stereocenters. The maximum Gasteiger partial charge on any atom is 0.137 e. The predicted octanol–water partition coefficient (Wildman–Crippen LogP) is 23.1. The van der Waals surface area contributed by atoms with Crippen molar-refractivity contribution in [3.63, 3.8) is 0 Å². The number of aromatic nitrogens is 2. The molecule has 3 heterocycles. The smallest absolute Gasteiger partial charge is 0.137 e. The predicted molar refractivity (Wildman–Crippen MR) is 376 cm³/mol. The number of anilines is 4. The molecule has 0 fully saturated rings. The minimum absolute atomic E-state index is 0.0204. The van der Waals surface area contributed by atoms with E-state index in [0.29, 0.717) is 6.67 Å². The number of benzene rings is 11. The van der Waals surface area contributed by atoms with Crippen molar-refractivity contribution in [3.8, 4) is 84.1 Å². The normalized spacial score (nSPS) is 12.7. The highest BCUT2D eigenvalue weighted by Crippen LogP contribution is 2.52. The third-order valence-electron chi connectivity index (χ3n) is 17.8. The van der Waals surface area contributed by atoms with E-state index in [9.17, 15) is 0 Å². The third kappa shape index (κ3) is 10.9. The van der Waals surface area contributed by atoms with Crippen LogP contribution in [0.4, 0.5) is 22.7 Å². The number of nitrogens with zero attached hydrogens (tertiary/aromatic N) is 4. The Morgan fingerprint density at radius 1 is 0.348 bits per heavy atom. The topological polar surface area (TPSA) is 33.5 Å². The average Bonchev–Trinajstić information content (AvgIpc) is 1.69. The highest BCUT2D eigenvalue weighted by atomic mass is 16.5. The van der Waals surface area contributed by atoms with E-state index in [0.717, 1.165) is 95.3 Å². The van der Waals surface area contributed by atoms with E-state index in [4.69, 9.17) is 9.72 Å². The highest BCUT2D eigenvalue weighted by Gasteiger charge is 2.33. The molecule has 0 unspecified atom stereocenters. The zero-order valence-corrected chi connectivity index (χ0v) is 52.4. The van der Waals surface area contributed by atoms with Gasteiger partial charge in [-0.05, 0) is 132 Å². The van der Waals surface area contributed by atoms with Crippen LogP contribution in [0.5, 0.6) is 11.5 Å². The van der Waals surface area contributed by atoms with Crippen molar-refractivity contribution < 1.29 is 4.74 Å². The third-order valence-corrected chi connectivity index (χ3v) is 17.8. The maximum absolute atomic E-state index is 7.60. The van der Waals surface area contributed by atoms with Crippen molar-refractivity contribution >= 4 is 44.6 Å². The number of para-hydroxylation sites is 3. The van der Waals surface area contributed by atoms with Crippen molar-refractivity contribution in [3.05, 3.63) is 290 Å². The van der Waals surface area contributed by atoms with Gasteiger partial charge in [0.15, 0.2) is 0 Å². The minimum Gasteiger partial charge on any atom is -0.457 e. The summed E-state index contributed by atoms with van der Waals surface area (Å²) < 4.78 is 9.95. The summed E-state index contributed by atoms with van der Waals surface area (Å²) in [5.41, 5.74) is 23.6. The Hall–Kier alpha value is -10.2. The standard InChI is InChI=1S/C84H74N4O/c1-82(2,3)64-43-40-60(41-44-64)68-36-25-37-69(63-35-24-34-61(46-63)56-26-14-10-15-27-56)81(68)87-55-86(76-38-22-23-39-77(76)87)66-48-65(83(4,5)6)49-67(50-66)89-79-53-78-72(51-70(79)58-30-18-12-19-31-58)71-47-62(57-28-16-11-17-29-57)42-45-75(71)88(78)80-52-74(84(7,8)9)73(54-85-80)59-32-20-13-21-33-59/h10-54H,55H2,1-9H3. The Morgan fingerprint density at radius 3 is 1.47 bits per heavy atom.